The molecule has 442 valence electrons. The molecule has 0 spiro atoms. The van der Waals surface area contributed by atoms with Crippen LogP contribution in [0.4, 0.5) is 0 Å². The molecule has 14 atom stereocenters. The molecule has 3 aliphatic heterocycles. The Balaban J connectivity index is 1.18. The molecular weight excluding hydrogens is 1090 g/mol. The zero-order chi connectivity index (χ0) is 59.7. The molecule has 0 saturated carbocycles. The van der Waals surface area contributed by atoms with Crippen molar-refractivity contribution in [3.05, 3.63) is 107 Å². The first-order valence-electron chi connectivity index (χ1n) is 27.3. The first-order valence-corrected chi connectivity index (χ1v) is 27.7. The molecule has 3 fully saturated rings. The average molecular weight is 1160 g/mol. The maximum atomic E-state index is 14.5. The molecule has 7 amide bonds. The third-order valence-electron chi connectivity index (χ3n) is 15.1. The Bertz CT molecular complexity index is 2910. The van der Waals surface area contributed by atoms with E-state index in [4.69, 9.17) is 16.3 Å². The predicted molar refractivity (Wildman–Crippen MR) is 297 cm³/mol. The van der Waals surface area contributed by atoms with Crippen molar-refractivity contribution in [1.29, 1.82) is 0 Å². The molecule has 3 aliphatic rings. The lowest BCUT2D eigenvalue weighted by atomic mass is 9.96. The number of ether oxygens (including phenoxy) is 1. The van der Waals surface area contributed by atoms with Crippen LogP contribution in [0.2, 0.25) is 5.02 Å². The van der Waals surface area contributed by atoms with Crippen LogP contribution >= 0.6 is 11.6 Å². The number of rotatable bonds is 14. The number of aliphatic hydroxyl groups excluding tert-OH is 7. The molecule has 23 nitrogen and oxygen atoms in total. The van der Waals surface area contributed by atoms with E-state index in [0.717, 1.165) is 65.3 Å². The van der Waals surface area contributed by atoms with Crippen molar-refractivity contribution in [3.8, 4) is 33.8 Å². The first kappa shape index (κ1) is 62.4. The van der Waals surface area contributed by atoms with Gasteiger partial charge in [-0.25, -0.2) is 0 Å². The zero-order valence-electron chi connectivity index (χ0n) is 45.7. The number of halogens is 1. The van der Waals surface area contributed by atoms with E-state index in [9.17, 15) is 74.4 Å². The largest absolute Gasteiger partial charge is 0.508 e. The van der Waals surface area contributed by atoms with Gasteiger partial charge in [-0.1, -0.05) is 92.9 Å². The van der Waals surface area contributed by atoms with Gasteiger partial charge < -0.3 is 82.0 Å². The van der Waals surface area contributed by atoms with E-state index < -0.39 is 133 Å². The monoisotopic (exact) mass is 1160 g/mol. The summed E-state index contributed by atoms with van der Waals surface area (Å²) in [6.45, 7) is 5.99. The third-order valence-corrected chi connectivity index (χ3v) is 15.4. The summed E-state index contributed by atoms with van der Waals surface area (Å²) in [5.41, 5.74) is 3.06. The number of unbranched alkanes of at least 4 members (excludes halogenated alkanes) is 2. The Morgan fingerprint density at radius 3 is 1.87 bits per heavy atom. The fourth-order valence-corrected chi connectivity index (χ4v) is 10.5. The third kappa shape index (κ3) is 14.7. The average Bonchev–Trinajstić information content (AvgIpc) is 4.15. The number of carbonyl (C=O) groups excluding carboxylic acids is 7. The molecular formula is C58H72ClN7O16. The van der Waals surface area contributed by atoms with Crippen molar-refractivity contribution >= 4 is 53.0 Å². The molecule has 13 N–H and O–H groups in total. The highest BCUT2D eigenvalue weighted by Gasteiger charge is 2.50. The number of nitrogens with zero attached hydrogens (tertiary/aromatic N) is 2. The van der Waals surface area contributed by atoms with E-state index >= 15 is 0 Å². The molecule has 14 unspecified atom stereocenters. The quantitative estimate of drug-likeness (QED) is 0.0775. The van der Waals surface area contributed by atoms with E-state index in [1.165, 1.54) is 43.3 Å². The van der Waals surface area contributed by atoms with Crippen LogP contribution in [0, 0.1) is 5.92 Å². The number of carbonyl (C=O) groups is 7. The fraction of sp³-hybridized carbons (Fsp3) is 0.466. The number of phenols is 1. The Labute approximate surface area is 478 Å². The molecule has 82 heavy (non-hydrogen) atoms. The van der Waals surface area contributed by atoms with Crippen molar-refractivity contribution < 1.29 is 79.2 Å². The summed E-state index contributed by atoms with van der Waals surface area (Å²) in [5.74, 6) is -8.33. The second-order valence-electron chi connectivity index (χ2n) is 21.2. The second-order valence-corrected chi connectivity index (χ2v) is 21.6. The van der Waals surface area contributed by atoms with Crippen LogP contribution < -0.4 is 31.3 Å². The summed E-state index contributed by atoms with van der Waals surface area (Å²) in [6, 6.07) is 13.5. The fourth-order valence-electron chi connectivity index (χ4n) is 10.3. The SMILES string of the molecule is CCCCCOc1ccc(-c2ccc(-c3ccc(C(=O)NC4CC(O)C(O)NC(=O)C5C(O)C(C)CN5C(=O)C(C(C)O)NC(=O)C(C(O)C(O)c5ccc(O)cc5)NC(=O)C5CCCN5C(=O)C(C(C)O)NC4=O)c(Cl)c3)cc2)cc1. The van der Waals surface area contributed by atoms with Crippen LogP contribution in [-0.2, 0) is 28.8 Å². The summed E-state index contributed by atoms with van der Waals surface area (Å²) >= 11 is 6.74. The minimum Gasteiger partial charge on any atom is -0.508 e. The minimum absolute atomic E-state index is 0.0396. The zero-order valence-corrected chi connectivity index (χ0v) is 46.5. The highest BCUT2D eigenvalue weighted by Crippen LogP contribution is 2.31. The minimum atomic E-state index is -2.29. The van der Waals surface area contributed by atoms with Gasteiger partial charge in [0.25, 0.3) is 5.91 Å². The van der Waals surface area contributed by atoms with Gasteiger partial charge in [-0.05, 0) is 97.3 Å². The van der Waals surface area contributed by atoms with Crippen molar-refractivity contribution in [1.82, 2.24) is 36.4 Å². The lowest BCUT2D eigenvalue weighted by molar-refractivity contribution is -0.148. The molecule has 3 heterocycles. The number of aromatic hydroxyl groups is 1. The molecule has 24 heteroatoms. The predicted octanol–water partition coefficient (Wildman–Crippen LogP) is 0.756. The van der Waals surface area contributed by atoms with Crippen molar-refractivity contribution in [2.45, 2.75) is 145 Å². The van der Waals surface area contributed by atoms with Crippen LogP contribution in [0.3, 0.4) is 0 Å². The smallest absolute Gasteiger partial charge is 0.253 e. The summed E-state index contributed by atoms with van der Waals surface area (Å²) in [4.78, 5) is 102. The maximum Gasteiger partial charge on any atom is 0.253 e. The summed E-state index contributed by atoms with van der Waals surface area (Å²) in [7, 11) is 0. The number of fused-ring (bicyclic) bond motifs is 2. The number of hydrogen-bond donors (Lipinski definition) is 13. The van der Waals surface area contributed by atoms with E-state index in [2.05, 4.69) is 33.5 Å². The molecule has 0 radical (unpaired) electrons. The lowest BCUT2D eigenvalue weighted by Gasteiger charge is -2.34. The normalized spacial score (nSPS) is 26.6. The van der Waals surface area contributed by atoms with Crippen LogP contribution in [-0.4, -0.2) is 185 Å². The van der Waals surface area contributed by atoms with Crippen LogP contribution in [0.1, 0.15) is 88.2 Å². The molecule has 4 aromatic rings. The molecule has 0 aromatic heterocycles. The van der Waals surface area contributed by atoms with Gasteiger partial charge in [0.15, 0.2) is 6.23 Å². The van der Waals surface area contributed by atoms with Crippen LogP contribution in [0.5, 0.6) is 11.5 Å². The highest BCUT2D eigenvalue weighted by molar-refractivity contribution is 6.34. The molecule has 0 bridgehead atoms. The number of nitrogens with one attached hydrogen (secondary N) is 5. The summed E-state index contributed by atoms with van der Waals surface area (Å²) < 4.78 is 5.84. The van der Waals surface area contributed by atoms with Gasteiger partial charge in [0.1, 0.15) is 66.1 Å². The molecule has 3 saturated heterocycles. The number of aliphatic hydroxyl groups is 7. The number of hydrogen-bond acceptors (Lipinski definition) is 16. The second kappa shape index (κ2) is 27.7. The Hall–Kier alpha value is -7.22. The maximum absolute atomic E-state index is 14.5. The highest BCUT2D eigenvalue weighted by atomic mass is 35.5. The lowest BCUT2D eigenvalue weighted by Crippen LogP contribution is -2.64. The van der Waals surface area contributed by atoms with E-state index in [1.54, 1.807) is 6.07 Å². The van der Waals surface area contributed by atoms with Gasteiger partial charge in [-0.15, -0.1) is 0 Å². The van der Waals surface area contributed by atoms with Gasteiger partial charge >= 0.3 is 0 Å². The first-order chi connectivity index (χ1) is 39.0. The van der Waals surface area contributed by atoms with E-state index in [-0.39, 0.29) is 47.8 Å². The molecule has 4 aromatic carbocycles. The summed E-state index contributed by atoms with van der Waals surface area (Å²) in [6.07, 6.45) is -11.4. The van der Waals surface area contributed by atoms with Gasteiger partial charge in [-0.2, -0.15) is 0 Å². The van der Waals surface area contributed by atoms with Crippen molar-refractivity contribution in [2.75, 3.05) is 19.7 Å². The Morgan fingerprint density at radius 1 is 0.707 bits per heavy atom. The van der Waals surface area contributed by atoms with Gasteiger partial charge in [-0.3, -0.25) is 33.6 Å². The summed E-state index contributed by atoms with van der Waals surface area (Å²) in [5, 5.41) is 101. The number of benzene rings is 4. The topological polar surface area (TPSA) is 357 Å². The van der Waals surface area contributed by atoms with Crippen LogP contribution in [0.15, 0.2) is 91.0 Å². The molecule has 7 rings (SSSR count). The number of phenolic OH excluding ortho intramolecular Hbond substituents is 1. The van der Waals surface area contributed by atoms with Gasteiger partial charge in [0.05, 0.1) is 35.5 Å². The van der Waals surface area contributed by atoms with E-state index in [0.29, 0.717) is 12.2 Å². The van der Waals surface area contributed by atoms with Gasteiger partial charge in [0, 0.05) is 25.4 Å². The van der Waals surface area contributed by atoms with Crippen molar-refractivity contribution in [2.24, 2.45) is 5.92 Å². The Kier molecular flexibility index (Phi) is 21.1. The standard InChI is InChI=1S/C58H72ClN7O16/c1-5-6-7-25-82-38-21-16-33(17-22-38)32-10-12-34(13-11-32)36-18-23-39(40(59)26-36)51(74)60-41-27-43(70)54(77)64-56(79)47-48(71)29(2)28-66(47)58(81)45(31(4)68)62-55(78)46(50(73)49(72)35-14-19-37(69)20-15-35)63-53(76)42-9-8-24-65(42)57(80)44(30(3)67)61-52(41)75/h10-23,26,29-31,41-50,54,67-73,77H,5-9,24-25,27-28H2,1-4H3,(H,60,74)(H,61,75)(H,62,78)(H,63,76)(H,64,79). The molecule has 0 aliphatic carbocycles. The van der Waals surface area contributed by atoms with E-state index in [1.807, 2.05) is 48.5 Å². The Morgan fingerprint density at radius 2 is 1.27 bits per heavy atom. The van der Waals surface area contributed by atoms with Crippen LogP contribution in [0.25, 0.3) is 22.3 Å². The van der Waals surface area contributed by atoms with Gasteiger partial charge in [0.2, 0.25) is 35.4 Å². The van der Waals surface area contributed by atoms with Crippen molar-refractivity contribution in [3.63, 3.8) is 0 Å². The number of amides is 7.